The zero-order chi connectivity index (χ0) is 24.7. The fourth-order valence-electron chi connectivity index (χ4n) is 3.76. The van der Waals surface area contributed by atoms with Gasteiger partial charge in [-0.2, -0.15) is 10.2 Å². The van der Waals surface area contributed by atoms with Crippen molar-refractivity contribution in [2.24, 2.45) is 0 Å². The van der Waals surface area contributed by atoms with Crippen LogP contribution in [0.4, 0.5) is 0 Å². The van der Waals surface area contributed by atoms with Crippen LogP contribution < -0.4 is 4.74 Å². The number of aliphatic carboxylic acids is 1. The average Bonchev–Trinajstić information content (AvgIpc) is 3.28. The minimum atomic E-state index is -0.830. The first-order valence-electron chi connectivity index (χ1n) is 10.5. The Balaban J connectivity index is 0.00000103. The third kappa shape index (κ3) is 5.76. The molecule has 0 radical (unpaired) electrons. The molecule has 0 bridgehead atoms. The number of aromatic nitrogens is 2. The predicted octanol–water partition coefficient (Wildman–Crippen LogP) is 3.21. The Morgan fingerprint density at radius 2 is 2.12 bits per heavy atom. The lowest BCUT2D eigenvalue weighted by Gasteiger charge is -2.28. The van der Waals surface area contributed by atoms with Gasteiger partial charge in [-0.05, 0) is 49.6 Å². The highest BCUT2D eigenvalue weighted by molar-refractivity contribution is 5.69. The molecule has 2 aromatic carbocycles. The zero-order valence-corrected chi connectivity index (χ0v) is 18.8. The molecule has 0 aliphatic carbocycles. The highest BCUT2D eigenvalue weighted by Crippen LogP contribution is 2.31. The molecule has 0 spiro atoms. The SMILES string of the molecule is CC(C)Oc1ccc(-c2nc(-c3cccc4c3CCN(CC(=O)O)C4)no2)cc1C#N.O=CO. The van der Waals surface area contributed by atoms with E-state index in [0.29, 0.717) is 48.1 Å². The smallest absolute Gasteiger partial charge is 0.317 e. The van der Waals surface area contributed by atoms with Crippen LogP contribution in [-0.2, 0) is 22.6 Å². The molecule has 0 atom stereocenters. The predicted molar refractivity (Wildman–Crippen MR) is 121 cm³/mol. The number of benzene rings is 2. The van der Waals surface area contributed by atoms with Crippen LogP contribution in [0.5, 0.6) is 5.75 Å². The fourth-order valence-corrected chi connectivity index (χ4v) is 3.76. The first kappa shape index (κ1) is 24.4. The molecule has 1 aliphatic heterocycles. The van der Waals surface area contributed by atoms with Crippen LogP contribution in [0, 0.1) is 11.3 Å². The van der Waals surface area contributed by atoms with E-state index in [-0.39, 0.29) is 19.1 Å². The first-order valence-corrected chi connectivity index (χ1v) is 10.5. The number of carboxylic acids is 1. The molecular weight excluding hydrogens is 440 g/mol. The van der Waals surface area contributed by atoms with Gasteiger partial charge in [0.2, 0.25) is 5.82 Å². The van der Waals surface area contributed by atoms with Crippen molar-refractivity contribution in [2.45, 2.75) is 32.9 Å². The number of fused-ring (bicyclic) bond motifs is 1. The summed E-state index contributed by atoms with van der Waals surface area (Å²) in [6, 6.07) is 13.2. The van der Waals surface area contributed by atoms with E-state index in [0.717, 1.165) is 16.7 Å². The van der Waals surface area contributed by atoms with Crippen molar-refractivity contribution < 1.29 is 29.1 Å². The number of nitriles is 1. The van der Waals surface area contributed by atoms with Crippen LogP contribution in [0.1, 0.15) is 30.5 Å². The summed E-state index contributed by atoms with van der Waals surface area (Å²) in [5.74, 6) is 0.482. The summed E-state index contributed by atoms with van der Waals surface area (Å²) in [4.78, 5) is 25.8. The summed E-state index contributed by atoms with van der Waals surface area (Å²) in [5.41, 5.74) is 4.10. The lowest BCUT2D eigenvalue weighted by molar-refractivity contribution is -0.138. The number of hydrogen-bond donors (Lipinski definition) is 2. The van der Waals surface area contributed by atoms with Gasteiger partial charge in [-0.3, -0.25) is 14.5 Å². The summed E-state index contributed by atoms with van der Waals surface area (Å²) in [5, 5.41) is 29.6. The van der Waals surface area contributed by atoms with Crippen molar-refractivity contribution in [1.82, 2.24) is 15.0 Å². The molecule has 4 rings (SSSR count). The maximum Gasteiger partial charge on any atom is 0.317 e. The number of hydrogen-bond acceptors (Lipinski definition) is 8. The molecule has 2 N–H and O–H groups in total. The second-order valence-corrected chi connectivity index (χ2v) is 7.82. The number of carbonyl (C=O) groups is 2. The largest absolute Gasteiger partial charge is 0.490 e. The third-order valence-electron chi connectivity index (χ3n) is 5.08. The van der Waals surface area contributed by atoms with Gasteiger partial charge in [0.15, 0.2) is 0 Å². The molecule has 10 heteroatoms. The summed E-state index contributed by atoms with van der Waals surface area (Å²) >= 11 is 0. The highest BCUT2D eigenvalue weighted by atomic mass is 16.5. The number of ether oxygens (including phenoxy) is 1. The van der Waals surface area contributed by atoms with Crippen molar-refractivity contribution in [1.29, 1.82) is 5.26 Å². The van der Waals surface area contributed by atoms with Crippen molar-refractivity contribution in [3.05, 3.63) is 53.1 Å². The minimum Gasteiger partial charge on any atom is -0.490 e. The highest BCUT2D eigenvalue weighted by Gasteiger charge is 2.23. The number of carboxylic acid groups (broad SMARTS) is 2. The topological polar surface area (TPSA) is 150 Å². The Labute approximate surface area is 196 Å². The quantitative estimate of drug-likeness (QED) is 0.521. The van der Waals surface area contributed by atoms with Gasteiger partial charge in [0.25, 0.3) is 12.4 Å². The Kier molecular flexibility index (Phi) is 7.95. The van der Waals surface area contributed by atoms with Crippen molar-refractivity contribution in [2.75, 3.05) is 13.1 Å². The van der Waals surface area contributed by atoms with Crippen molar-refractivity contribution >= 4 is 12.4 Å². The maximum atomic E-state index is 11.0. The lowest BCUT2D eigenvalue weighted by atomic mass is 9.94. The lowest BCUT2D eigenvalue weighted by Crippen LogP contribution is -2.34. The second-order valence-electron chi connectivity index (χ2n) is 7.82. The van der Waals surface area contributed by atoms with E-state index in [9.17, 15) is 10.1 Å². The molecule has 3 aromatic rings. The maximum absolute atomic E-state index is 11.0. The van der Waals surface area contributed by atoms with Crippen LogP contribution >= 0.6 is 0 Å². The minimum absolute atomic E-state index is 0.0216. The molecule has 2 heterocycles. The van der Waals surface area contributed by atoms with Gasteiger partial charge < -0.3 is 19.5 Å². The average molecular weight is 464 g/mol. The molecule has 1 aliphatic rings. The van der Waals surface area contributed by atoms with E-state index in [2.05, 4.69) is 16.2 Å². The van der Waals surface area contributed by atoms with E-state index in [1.165, 1.54) is 0 Å². The van der Waals surface area contributed by atoms with Gasteiger partial charge in [0.05, 0.1) is 18.2 Å². The second kappa shape index (κ2) is 11.1. The van der Waals surface area contributed by atoms with Gasteiger partial charge in [0.1, 0.15) is 11.8 Å². The van der Waals surface area contributed by atoms with Gasteiger partial charge in [-0.25, -0.2) is 0 Å². The van der Waals surface area contributed by atoms with E-state index in [1.54, 1.807) is 18.2 Å². The monoisotopic (exact) mass is 464 g/mol. The van der Waals surface area contributed by atoms with Crippen LogP contribution in [0.2, 0.25) is 0 Å². The normalized spacial score (nSPS) is 12.8. The summed E-state index contributed by atoms with van der Waals surface area (Å²) in [6.45, 7) is 4.81. The molecule has 10 nitrogen and oxygen atoms in total. The van der Waals surface area contributed by atoms with E-state index in [4.69, 9.17) is 24.3 Å². The Hall–Kier alpha value is -4.23. The van der Waals surface area contributed by atoms with Crippen LogP contribution in [0.15, 0.2) is 40.9 Å². The van der Waals surface area contributed by atoms with Gasteiger partial charge >= 0.3 is 5.97 Å². The van der Waals surface area contributed by atoms with Gasteiger partial charge in [-0.15, -0.1) is 0 Å². The third-order valence-corrected chi connectivity index (χ3v) is 5.08. The fraction of sp³-hybridized carbons (Fsp3) is 0.292. The molecule has 0 fully saturated rings. The van der Waals surface area contributed by atoms with E-state index < -0.39 is 5.97 Å². The standard InChI is InChI=1S/C23H22N4O4.CH2O2/c1-14(2)30-20-7-6-15(10-17(20)11-24)23-25-22(26-31-23)19-5-3-4-16-12-27(13-21(28)29)9-8-18(16)19;2-1-3/h3-7,10,14H,8-9,12-13H2,1-2H3,(H,28,29);1H,(H,2,3). The first-order chi connectivity index (χ1) is 16.4. The molecule has 1 aromatic heterocycles. The van der Waals surface area contributed by atoms with Crippen LogP contribution in [0.3, 0.4) is 0 Å². The number of nitrogens with zero attached hydrogens (tertiary/aromatic N) is 4. The molecular formula is C24H24N4O6. The molecule has 34 heavy (non-hydrogen) atoms. The van der Waals surface area contributed by atoms with Crippen LogP contribution in [0.25, 0.3) is 22.8 Å². The zero-order valence-electron chi connectivity index (χ0n) is 18.8. The van der Waals surface area contributed by atoms with Gasteiger partial charge in [-0.1, -0.05) is 23.4 Å². The molecule has 0 amide bonds. The Bertz CT molecular complexity index is 1210. The number of rotatable bonds is 6. The van der Waals surface area contributed by atoms with E-state index in [1.807, 2.05) is 36.9 Å². The summed E-state index contributed by atoms with van der Waals surface area (Å²) in [7, 11) is 0. The molecule has 0 saturated heterocycles. The summed E-state index contributed by atoms with van der Waals surface area (Å²) < 4.78 is 11.2. The van der Waals surface area contributed by atoms with Crippen LogP contribution in [-0.4, -0.2) is 56.9 Å². The molecule has 176 valence electrons. The van der Waals surface area contributed by atoms with E-state index >= 15 is 0 Å². The Morgan fingerprint density at radius 1 is 1.35 bits per heavy atom. The van der Waals surface area contributed by atoms with Crippen molar-refractivity contribution in [3.63, 3.8) is 0 Å². The van der Waals surface area contributed by atoms with Gasteiger partial charge in [0, 0.05) is 24.2 Å². The van der Waals surface area contributed by atoms with Crippen molar-refractivity contribution in [3.8, 4) is 34.7 Å². The Morgan fingerprint density at radius 3 is 2.79 bits per heavy atom. The summed E-state index contributed by atoms with van der Waals surface area (Å²) in [6.07, 6.45) is 0.672. The molecule has 0 saturated carbocycles. The molecule has 0 unspecified atom stereocenters.